The summed E-state index contributed by atoms with van der Waals surface area (Å²) < 4.78 is 5.67. The van der Waals surface area contributed by atoms with E-state index in [2.05, 4.69) is 5.32 Å². The van der Waals surface area contributed by atoms with Crippen molar-refractivity contribution in [3.63, 3.8) is 0 Å². The molecule has 19 heavy (non-hydrogen) atoms. The van der Waals surface area contributed by atoms with E-state index in [0.717, 1.165) is 16.2 Å². The predicted octanol–water partition coefficient (Wildman–Crippen LogP) is 0.459. The SMILES string of the molecule is O=C1CC(=O)N(CC2Cc3ccccc3O2)C(=O)N1. The van der Waals surface area contributed by atoms with Gasteiger partial charge in [-0.3, -0.25) is 19.8 Å². The highest BCUT2D eigenvalue weighted by atomic mass is 16.5. The van der Waals surface area contributed by atoms with Gasteiger partial charge in [0.2, 0.25) is 11.8 Å². The van der Waals surface area contributed by atoms with Gasteiger partial charge in [0.25, 0.3) is 0 Å². The first kappa shape index (κ1) is 11.7. The van der Waals surface area contributed by atoms with Crippen molar-refractivity contribution in [1.29, 1.82) is 0 Å². The van der Waals surface area contributed by atoms with Crippen LogP contribution in [0.5, 0.6) is 5.75 Å². The van der Waals surface area contributed by atoms with Gasteiger partial charge in [-0.1, -0.05) is 18.2 Å². The lowest BCUT2D eigenvalue weighted by Gasteiger charge is -2.26. The molecule has 1 aromatic rings. The molecule has 0 saturated carbocycles. The minimum atomic E-state index is -0.666. The lowest BCUT2D eigenvalue weighted by molar-refractivity contribution is -0.136. The van der Waals surface area contributed by atoms with Gasteiger partial charge < -0.3 is 4.74 Å². The number of carbonyl (C=O) groups excluding carboxylic acids is 3. The Labute approximate surface area is 109 Å². The zero-order valence-electron chi connectivity index (χ0n) is 10.1. The topological polar surface area (TPSA) is 75.7 Å². The third-order valence-electron chi connectivity index (χ3n) is 3.20. The van der Waals surface area contributed by atoms with Crippen molar-refractivity contribution >= 4 is 17.8 Å². The van der Waals surface area contributed by atoms with Gasteiger partial charge in [-0.15, -0.1) is 0 Å². The van der Waals surface area contributed by atoms with Gasteiger partial charge in [-0.05, 0) is 11.6 Å². The number of carbonyl (C=O) groups is 3. The van der Waals surface area contributed by atoms with Gasteiger partial charge in [0, 0.05) is 6.42 Å². The minimum absolute atomic E-state index is 0.159. The number of nitrogens with zero attached hydrogens (tertiary/aromatic N) is 1. The quantitative estimate of drug-likeness (QED) is 0.784. The second-order valence-electron chi connectivity index (χ2n) is 4.59. The van der Waals surface area contributed by atoms with Crippen LogP contribution in [0.3, 0.4) is 0 Å². The molecule has 98 valence electrons. The zero-order valence-corrected chi connectivity index (χ0v) is 10.1. The Morgan fingerprint density at radius 2 is 2.05 bits per heavy atom. The number of amides is 4. The van der Waals surface area contributed by atoms with Gasteiger partial charge >= 0.3 is 6.03 Å². The molecule has 0 aliphatic carbocycles. The van der Waals surface area contributed by atoms with E-state index >= 15 is 0 Å². The lowest BCUT2D eigenvalue weighted by atomic mass is 10.1. The van der Waals surface area contributed by atoms with Gasteiger partial charge in [0.1, 0.15) is 18.3 Å². The Balaban J connectivity index is 1.69. The first-order chi connectivity index (χ1) is 9.13. The molecule has 2 heterocycles. The van der Waals surface area contributed by atoms with Crippen LogP contribution < -0.4 is 10.1 Å². The number of rotatable bonds is 2. The molecule has 0 aromatic heterocycles. The second kappa shape index (κ2) is 4.38. The Morgan fingerprint density at radius 3 is 2.79 bits per heavy atom. The molecular weight excluding hydrogens is 248 g/mol. The number of barbiturate groups is 1. The molecule has 0 spiro atoms. The van der Waals surface area contributed by atoms with E-state index in [0.29, 0.717) is 6.42 Å². The summed E-state index contributed by atoms with van der Waals surface area (Å²) >= 11 is 0. The number of benzene rings is 1. The monoisotopic (exact) mass is 260 g/mol. The molecule has 1 fully saturated rings. The summed E-state index contributed by atoms with van der Waals surface area (Å²) in [4.78, 5) is 35.3. The molecule has 1 saturated heterocycles. The average Bonchev–Trinajstić information content (AvgIpc) is 2.76. The second-order valence-corrected chi connectivity index (χ2v) is 4.59. The summed E-state index contributed by atoms with van der Waals surface area (Å²) in [6.07, 6.45) is 0.118. The van der Waals surface area contributed by atoms with Crippen LogP contribution in [0.1, 0.15) is 12.0 Å². The van der Waals surface area contributed by atoms with E-state index in [1.807, 2.05) is 24.3 Å². The molecule has 1 N–H and O–H groups in total. The van der Waals surface area contributed by atoms with Crippen LogP contribution in [-0.2, 0) is 16.0 Å². The van der Waals surface area contributed by atoms with Crippen molar-refractivity contribution in [3.05, 3.63) is 29.8 Å². The molecular formula is C13H12N2O4. The molecule has 1 atom stereocenters. The molecule has 6 nitrogen and oxygen atoms in total. The highest BCUT2D eigenvalue weighted by Gasteiger charge is 2.34. The van der Waals surface area contributed by atoms with E-state index < -0.39 is 17.8 Å². The van der Waals surface area contributed by atoms with E-state index in [9.17, 15) is 14.4 Å². The number of para-hydroxylation sites is 1. The molecule has 2 aliphatic rings. The smallest absolute Gasteiger partial charge is 0.330 e. The third kappa shape index (κ3) is 2.16. The summed E-state index contributed by atoms with van der Waals surface area (Å²) in [5, 5.41) is 2.13. The Morgan fingerprint density at radius 1 is 1.26 bits per heavy atom. The fourth-order valence-corrected chi connectivity index (χ4v) is 2.32. The number of hydrogen-bond donors (Lipinski definition) is 1. The Hall–Kier alpha value is -2.37. The Bertz CT molecular complexity index is 525. The number of nitrogens with one attached hydrogen (secondary N) is 1. The average molecular weight is 260 g/mol. The summed E-state index contributed by atoms with van der Waals surface area (Å²) in [7, 11) is 0. The molecule has 6 heteroatoms. The molecule has 0 radical (unpaired) electrons. The maximum atomic E-state index is 11.7. The van der Waals surface area contributed by atoms with Gasteiger partial charge in [0.05, 0.1) is 6.54 Å². The van der Waals surface area contributed by atoms with Crippen molar-refractivity contribution in [2.75, 3.05) is 6.54 Å². The summed E-state index contributed by atoms with van der Waals surface area (Å²) in [6, 6.07) is 6.94. The van der Waals surface area contributed by atoms with E-state index in [-0.39, 0.29) is 19.1 Å². The maximum Gasteiger partial charge on any atom is 0.330 e. The van der Waals surface area contributed by atoms with Crippen LogP contribution in [0, 0.1) is 0 Å². The fraction of sp³-hybridized carbons (Fsp3) is 0.308. The number of hydrogen-bond acceptors (Lipinski definition) is 4. The van der Waals surface area contributed by atoms with Gasteiger partial charge in [-0.2, -0.15) is 0 Å². The Kier molecular flexibility index (Phi) is 2.70. The molecule has 4 amide bonds. The summed E-state index contributed by atoms with van der Waals surface area (Å²) in [5.41, 5.74) is 1.06. The first-order valence-corrected chi connectivity index (χ1v) is 6.02. The van der Waals surface area contributed by atoms with Crippen LogP contribution >= 0.6 is 0 Å². The van der Waals surface area contributed by atoms with Crippen LogP contribution in [0.2, 0.25) is 0 Å². The highest BCUT2D eigenvalue weighted by Crippen LogP contribution is 2.28. The molecule has 0 bridgehead atoms. The van der Waals surface area contributed by atoms with Gasteiger partial charge in [-0.25, -0.2) is 4.79 Å². The molecule has 1 aromatic carbocycles. The molecule has 3 rings (SSSR count). The predicted molar refractivity (Wildman–Crippen MR) is 64.4 cm³/mol. The van der Waals surface area contributed by atoms with Crippen molar-refractivity contribution in [2.24, 2.45) is 0 Å². The fourth-order valence-electron chi connectivity index (χ4n) is 2.32. The van der Waals surface area contributed by atoms with Crippen LogP contribution in [0.25, 0.3) is 0 Å². The van der Waals surface area contributed by atoms with Crippen LogP contribution in [0.4, 0.5) is 4.79 Å². The maximum absolute atomic E-state index is 11.7. The number of imide groups is 2. The largest absolute Gasteiger partial charge is 0.488 e. The summed E-state index contributed by atoms with van der Waals surface area (Å²) in [6.45, 7) is 0.159. The first-order valence-electron chi connectivity index (χ1n) is 6.02. The standard InChI is InChI=1S/C13H12N2O4/c16-11-6-12(17)15(13(18)14-11)7-9-5-8-3-1-2-4-10(8)19-9/h1-4,9H,5-7H2,(H,14,16,18). The number of fused-ring (bicyclic) bond motifs is 1. The highest BCUT2D eigenvalue weighted by molar-refractivity contribution is 6.14. The molecule has 1 unspecified atom stereocenters. The van der Waals surface area contributed by atoms with E-state index in [4.69, 9.17) is 4.74 Å². The van der Waals surface area contributed by atoms with Crippen LogP contribution in [-0.4, -0.2) is 35.4 Å². The van der Waals surface area contributed by atoms with Crippen LogP contribution in [0.15, 0.2) is 24.3 Å². The zero-order chi connectivity index (χ0) is 13.4. The van der Waals surface area contributed by atoms with E-state index in [1.165, 1.54) is 0 Å². The van der Waals surface area contributed by atoms with Crippen molar-refractivity contribution in [1.82, 2.24) is 10.2 Å². The summed E-state index contributed by atoms with van der Waals surface area (Å²) in [5.74, 6) is -0.247. The lowest BCUT2D eigenvalue weighted by Crippen LogP contribution is -2.55. The normalized spacial score (nSPS) is 22.0. The number of ether oxygens (including phenoxy) is 1. The van der Waals surface area contributed by atoms with Crippen molar-refractivity contribution in [2.45, 2.75) is 18.9 Å². The van der Waals surface area contributed by atoms with E-state index in [1.54, 1.807) is 0 Å². The third-order valence-corrected chi connectivity index (χ3v) is 3.20. The number of urea groups is 1. The molecule has 2 aliphatic heterocycles. The van der Waals surface area contributed by atoms with Gasteiger partial charge in [0.15, 0.2) is 0 Å². The minimum Gasteiger partial charge on any atom is -0.488 e. The van der Waals surface area contributed by atoms with Crippen molar-refractivity contribution in [3.8, 4) is 5.75 Å². The van der Waals surface area contributed by atoms with Crippen molar-refractivity contribution < 1.29 is 19.1 Å².